The molecule has 0 saturated carbocycles. The highest BCUT2D eigenvalue weighted by Gasteiger charge is 2.37. The first kappa shape index (κ1) is 23.3. The fourth-order valence-corrected chi connectivity index (χ4v) is 2.64. The second-order valence-corrected chi connectivity index (χ2v) is 6.63. The van der Waals surface area contributed by atoms with Crippen molar-refractivity contribution in [3.63, 3.8) is 0 Å². The Bertz CT molecular complexity index is 812. The number of hydrogen-bond donors (Lipinski definition) is 0. The summed E-state index contributed by atoms with van der Waals surface area (Å²) in [4.78, 5) is 11.2. The van der Waals surface area contributed by atoms with E-state index in [0.717, 1.165) is 41.9 Å². The highest BCUT2D eigenvalue weighted by atomic mass is 19.4. The van der Waals surface area contributed by atoms with Crippen molar-refractivity contribution in [2.75, 3.05) is 20.3 Å². The van der Waals surface area contributed by atoms with Gasteiger partial charge in [0.15, 0.2) is 0 Å². The summed E-state index contributed by atoms with van der Waals surface area (Å²) >= 11 is 0. The SMILES string of the molecule is C=C(C(=O)OCCCCCCOc1ccc(-c2ccc(OC)cc2)cc1)C(F)(F)F. The van der Waals surface area contributed by atoms with Crippen molar-refractivity contribution in [2.45, 2.75) is 31.9 Å². The van der Waals surface area contributed by atoms with Gasteiger partial charge in [0.25, 0.3) is 0 Å². The first-order valence-electron chi connectivity index (χ1n) is 9.62. The lowest BCUT2D eigenvalue weighted by Crippen LogP contribution is -2.21. The highest BCUT2D eigenvalue weighted by Crippen LogP contribution is 2.25. The van der Waals surface area contributed by atoms with E-state index in [2.05, 4.69) is 11.3 Å². The van der Waals surface area contributed by atoms with Crippen molar-refractivity contribution in [3.8, 4) is 22.6 Å². The van der Waals surface area contributed by atoms with Gasteiger partial charge in [-0.1, -0.05) is 30.8 Å². The number of halogens is 3. The molecule has 0 aliphatic carbocycles. The molecule has 2 aromatic carbocycles. The Morgan fingerprint density at radius 1 is 0.833 bits per heavy atom. The Balaban J connectivity index is 1.60. The molecule has 0 heterocycles. The highest BCUT2D eigenvalue weighted by molar-refractivity contribution is 5.89. The fourth-order valence-electron chi connectivity index (χ4n) is 2.64. The van der Waals surface area contributed by atoms with E-state index in [1.165, 1.54) is 0 Å². The van der Waals surface area contributed by atoms with Crippen LogP contribution in [0, 0.1) is 0 Å². The lowest BCUT2D eigenvalue weighted by molar-refractivity contribution is -0.150. The molecule has 0 amide bonds. The Labute approximate surface area is 174 Å². The Morgan fingerprint density at radius 3 is 1.83 bits per heavy atom. The predicted molar refractivity (Wildman–Crippen MR) is 109 cm³/mol. The summed E-state index contributed by atoms with van der Waals surface area (Å²) in [6.07, 6.45) is -1.91. The Morgan fingerprint density at radius 2 is 1.33 bits per heavy atom. The standard InChI is InChI=1S/C23H25F3O4/c1-17(23(24,25)26)22(27)30-16-6-4-3-5-15-29-21-13-9-19(10-14-21)18-7-11-20(28-2)12-8-18/h7-14H,1,3-6,15-16H2,2H3. The normalized spacial score (nSPS) is 11.1. The largest absolute Gasteiger partial charge is 0.497 e. The van der Waals surface area contributed by atoms with E-state index in [9.17, 15) is 18.0 Å². The van der Waals surface area contributed by atoms with Gasteiger partial charge in [0, 0.05) is 0 Å². The van der Waals surface area contributed by atoms with Crippen LogP contribution < -0.4 is 9.47 Å². The molecule has 2 aromatic rings. The van der Waals surface area contributed by atoms with Crippen molar-refractivity contribution in [1.29, 1.82) is 0 Å². The molecule has 0 aliphatic heterocycles. The minimum absolute atomic E-state index is 0.0540. The lowest BCUT2D eigenvalue weighted by Gasteiger charge is -2.10. The molecular formula is C23H25F3O4. The monoisotopic (exact) mass is 422 g/mol. The molecule has 2 rings (SSSR count). The second kappa shape index (κ2) is 11.3. The van der Waals surface area contributed by atoms with Gasteiger partial charge in [0.2, 0.25) is 0 Å². The quantitative estimate of drug-likeness (QED) is 0.255. The van der Waals surface area contributed by atoms with E-state index < -0.39 is 17.7 Å². The summed E-state index contributed by atoms with van der Waals surface area (Å²) < 4.78 is 52.2. The molecular weight excluding hydrogens is 397 g/mol. The third-order valence-electron chi connectivity index (χ3n) is 4.41. The van der Waals surface area contributed by atoms with Crippen LogP contribution in [0.25, 0.3) is 11.1 Å². The van der Waals surface area contributed by atoms with E-state index in [-0.39, 0.29) is 6.61 Å². The van der Waals surface area contributed by atoms with Gasteiger partial charge in [0.05, 0.1) is 20.3 Å². The van der Waals surface area contributed by atoms with Gasteiger partial charge >= 0.3 is 12.1 Å². The molecule has 7 heteroatoms. The molecule has 0 bridgehead atoms. The number of hydrogen-bond acceptors (Lipinski definition) is 4. The van der Waals surface area contributed by atoms with Gasteiger partial charge in [-0.05, 0) is 61.1 Å². The van der Waals surface area contributed by atoms with E-state index in [0.29, 0.717) is 13.0 Å². The van der Waals surface area contributed by atoms with E-state index in [1.54, 1.807) is 7.11 Å². The van der Waals surface area contributed by atoms with Crippen LogP contribution in [0.4, 0.5) is 13.2 Å². The first-order chi connectivity index (χ1) is 14.3. The van der Waals surface area contributed by atoms with Gasteiger partial charge in [-0.15, -0.1) is 0 Å². The molecule has 0 radical (unpaired) electrons. The van der Waals surface area contributed by atoms with E-state index in [1.807, 2.05) is 48.5 Å². The van der Waals surface area contributed by atoms with E-state index >= 15 is 0 Å². The number of esters is 1. The Hall–Kier alpha value is -2.96. The summed E-state index contributed by atoms with van der Waals surface area (Å²) in [5.74, 6) is 0.166. The average molecular weight is 422 g/mol. The van der Waals surface area contributed by atoms with Crippen molar-refractivity contribution >= 4 is 5.97 Å². The summed E-state index contributed by atoms with van der Waals surface area (Å²) in [7, 11) is 1.63. The summed E-state index contributed by atoms with van der Waals surface area (Å²) in [5, 5.41) is 0. The molecule has 4 nitrogen and oxygen atoms in total. The number of alkyl halides is 3. The van der Waals surface area contributed by atoms with Gasteiger partial charge in [-0.25, -0.2) is 4.79 Å². The first-order valence-corrected chi connectivity index (χ1v) is 9.62. The maximum atomic E-state index is 12.3. The molecule has 0 fully saturated rings. The van der Waals surface area contributed by atoms with Gasteiger partial charge in [0.1, 0.15) is 17.1 Å². The number of unbranched alkanes of at least 4 members (excludes halogenated alkanes) is 3. The molecule has 0 saturated heterocycles. The van der Waals surface area contributed by atoms with Crippen LogP contribution in [0.2, 0.25) is 0 Å². The number of benzene rings is 2. The molecule has 0 aromatic heterocycles. The maximum absolute atomic E-state index is 12.3. The number of ether oxygens (including phenoxy) is 3. The number of carbonyl (C=O) groups excluding carboxylic acids is 1. The zero-order valence-electron chi connectivity index (χ0n) is 16.8. The van der Waals surface area contributed by atoms with Gasteiger partial charge in [-0.3, -0.25) is 0 Å². The van der Waals surface area contributed by atoms with Crippen LogP contribution in [0.3, 0.4) is 0 Å². The van der Waals surface area contributed by atoms with Crippen molar-refractivity contribution in [3.05, 3.63) is 60.7 Å². The van der Waals surface area contributed by atoms with Crippen LogP contribution in [0.15, 0.2) is 60.7 Å². The zero-order chi connectivity index (χ0) is 22.0. The summed E-state index contributed by atoms with van der Waals surface area (Å²) in [6, 6.07) is 15.6. The molecule has 162 valence electrons. The number of carbonyl (C=O) groups is 1. The minimum atomic E-state index is -4.75. The van der Waals surface area contributed by atoms with Crippen molar-refractivity contribution in [1.82, 2.24) is 0 Å². The topological polar surface area (TPSA) is 44.8 Å². The van der Waals surface area contributed by atoms with Crippen molar-refractivity contribution in [2.24, 2.45) is 0 Å². The molecule has 0 N–H and O–H groups in total. The van der Waals surface area contributed by atoms with E-state index in [4.69, 9.17) is 9.47 Å². The van der Waals surface area contributed by atoms with Crippen LogP contribution in [0.1, 0.15) is 25.7 Å². The van der Waals surface area contributed by atoms with Crippen LogP contribution in [0.5, 0.6) is 11.5 Å². The average Bonchev–Trinajstić information content (AvgIpc) is 2.74. The van der Waals surface area contributed by atoms with Crippen LogP contribution in [-0.4, -0.2) is 32.5 Å². The second-order valence-electron chi connectivity index (χ2n) is 6.63. The van der Waals surface area contributed by atoms with Crippen LogP contribution >= 0.6 is 0 Å². The van der Waals surface area contributed by atoms with Crippen molar-refractivity contribution < 1.29 is 32.2 Å². The summed E-state index contributed by atoms with van der Waals surface area (Å²) in [5.41, 5.74) is 0.684. The third-order valence-corrected chi connectivity index (χ3v) is 4.41. The lowest BCUT2D eigenvalue weighted by atomic mass is 10.1. The summed E-state index contributed by atoms with van der Waals surface area (Å²) in [6.45, 7) is 3.18. The Kier molecular flexibility index (Phi) is 8.77. The molecule has 30 heavy (non-hydrogen) atoms. The number of methoxy groups -OCH3 is 1. The van der Waals surface area contributed by atoms with Crippen LogP contribution in [-0.2, 0) is 9.53 Å². The maximum Gasteiger partial charge on any atom is 0.422 e. The number of rotatable bonds is 11. The minimum Gasteiger partial charge on any atom is -0.497 e. The fraction of sp³-hybridized carbons (Fsp3) is 0.348. The zero-order valence-corrected chi connectivity index (χ0v) is 16.8. The predicted octanol–water partition coefficient (Wildman–Crippen LogP) is 5.96. The van der Waals surface area contributed by atoms with Gasteiger partial charge < -0.3 is 14.2 Å². The molecule has 0 unspecified atom stereocenters. The third kappa shape index (κ3) is 7.46. The van der Waals surface area contributed by atoms with Gasteiger partial charge in [-0.2, -0.15) is 13.2 Å². The molecule has 0 atom stereocenters. The molecule has 0 spiro atoms. The molecule has 0 aliphatic rings. The smallest absolute Gasteiger partial charge is 0.422 e.